The van der Waals surface area contributed by atoms with Crippen molar-refractivity contribution in [3.63, 3.8) is 0 Å². The second-order valence-electron chi connectivity index (χ2n) is 6.43. The van der Waals surface area contributed by atoms with Crippen LogP contribution in [0.15, 0.2) is 46.9 Å². The molecule has 0 N–H and O–H groups in total. The number of anilines is 1. The zero-order chi connectivity index (χ0) is 22.1. The molecule has 3 aromatic rings. The molecule has 0 aliphatic carbocycles. The van der Waals surface area contributed by atoms with Gasteiger partial charge in [-0.3, -0.25) is 9.10 Å². The lowest BCUT2D eigenvalue weighted by molar-refractivity contribution is 0.101. The van der Waals surface area contributed by atoms with Crippen LogP contribution in [0.1, 0.15) is 35.2 Å². The minimum atomic E-state index is -3.81. The zero-order valence-electron chi connectivity index (χ0n) is 15.8. The van der Waals surface area contributed by atoms with Gasteiger partial charge in [-0.1, -0.05) is 18.2 Å². The summed E-state index contributed by atoms with van der Waals surface area (Å²) in [7, 11) is -3.81. The van der Waals surface area contributed by atoms with E-state index in [1.165, 1.54) is 37.3 Å². The number of ketones is 1. The van der Waals surface area contributed by atoms with Crippen LogP contribution in [0.5, 0.6) is 0 Å². The number of rotatable bonds is 7. The first-order chi connectivity index (χ1) is 14.1. The van der Waals surface area contributed by atoms with Gasteiger partial charge in [0.05, 0.1) is 18.5 Å². The first kappa shape index (κ1) is 21.5. The molecular formula is C19H16F3N3O4S. The molecule has 0 unspecified atom stereocenters. The Morgan fingerprint density at radius 3 is 2.47 bits per heavy atom. The van der Waals surface area contributed by atoms with Gasteiger partial charge in [0.15, 0.2) is 5.78 Å². The third kappa shape index (κ3) is 4.67. The van der Waals surface area contributed by atoms with E-state index in [2.05, 4.69) is 10.2 Å². The Balaban J connectivity index is 1.94. The van der Waals surface area contributed by atoms with Gasteiger partial charge in [-0.15, -0.1) is 10.2 Å². The highest BCUT2D eigenvalue weighted by atomic mass is 32.2. The first-order valence-corrected chi connectivity index (χ1v) is 10.4. The Bertz CT molecular complexity index is 1200. The van der Waals surface area contributed by atoms with Crippen molar-refractivity contribution in [2.24, 2.45) is 0 Å². The van der Waals surface area contributed by atoms with Crippen LogP contribution in [0.2, 0.25) is 0 Å². The largest absolute Gasteiger partial charge is 0.415 e. The van der Waals surface area contributed by atoms with E-state index in [9.17, 15) is 26.4 Å². The fourth-order valence-corrected chi connectivity index (χ4v) is 3.55. The summed E-state index contributed by atoms with van der Waals surface area (Å²) in [6.07, 6.45) is -1.99. The predicted octanol–water partition coefficient (Wildman–Crippen LogP) is 3.98. The summed E-state index contributed by atoms with van der Waals surface area (Å²) in [6, 6.07) is 9.60. The van der Waals surface area contributed by atoms with Gasteiger partial charge in [-0.25, -0.2) is 12.8 Å². The van der Waals surface area contributed by atoms with Gasteiger partial charge in [0, 0.05) is 16.7 Å². The topological polar surface area (TPSA) is 93.4 Å². The molecule has 2 aromatic carbocycles. The monoisotopic (exact) mass is 439 g/mol. The molecule has 11 heteroatoms. The summed E-state index contributed by atoms with van der Waals surface area (Å²) >= 11 is 0. The van der Waals surface area contributed by atoms with Gasteiger partial charge in [0.1, 0.15) is 5.82 Å². The summed E-state index contributed by atoms with van der Waals surface area (Å²) in [6.45, 7) is 0.998. The lowest BCUT2D eigenvalue weighted by Gasteiger charge is -2.23. The number of nitrogens with zero attached hydrogens (tertiary/aromatic N) is 3. The number of carbonyl (C=O) groups excluding carboxylic acids is 1. The lowest BCUT2D eigenvalue weighted by Crippen LogP contribution is -2.29. The van der Waals surface area contributed by atoms with Crippen LogP contribution in [0, 0.1) is 5.82 Å². The van der Waals surface area contributed by atoms with Gasteiger partial charge in [-0.2, -0.15) is 8.78 Å². The molecule has 0 saturated heterocycles. The molecule has 7 nitrogen and oxygen atoms in total. The molecule has 0 atom stereocenters. The van der Waals surface area contributed by atoms with E-state index in [1.54, 1.807) is 6.07 Å². The summed E-state index contributed by atoms with van der Waals surface area (Å²) in [4.78, 5) is 11.6. The van der Waals surface area contributed by atoms with Crippen molar-refractivity contribution >= 4 is 21.5 Å². The van der Waals surface area contributed by atoms with E-state index in [1.807, 2.05) is 0 Å². The molecule has 158 valence electrons. The number of hydrogen-bond donors (Lipinski definition) is 0. The molecule has 0 aliphatic rings. The van der Waals surface area contributed by atoms with Crippen LogP contribution >= 0.6 is 0 Å². The molecule has 1 heterocycles. The fourth-order valence-electron chi connectivity index (χ4n) is 2.68. The van der Waals surface area contributed by atoms with Crippen molar-refractivity contribution in [2.45, 2.75) is 19.9 Å². The normalized spacial score (nSPS) is 11.7. The van der Waals surface area contributed by atoms with Crippen LogP contribution in [0.4, 0.5) is 18.9 Å². The number of sulfonamides is 1. The Kier molecular flexibility index (Phi) is 5.92. The van der Waals surface area contributed by atoms with E-state index >= 15 is 0 Å². The number of alkyl halides is 2. The molecule has 3 rings (SSSR count). The molecule has 0 radical (unpaired) electrons. The van der Waals surface area contributed by atoms with Crippen LogP contribution in [0.3, 0.4) is 0 Å². The summed E-state index contributed by atoms with van der Waals surface area (Å²) in [5.41, 5.74) is 0.599. The molecular weight excluding hydrogens is 423 g/mol. The number of aromatic nitrogens is 2. The molecule has 0 aliphatic heterocycles. The molecule has 0 bridgehead atoms. The number of hydrogen-bond acceptors (Lipinski definition) is 6. The van der Waals surface area contributed by atoms with Crippen molar-refractivity contribution in [1.82, 2.24) is 10.2 Å². The molecule has 0 spiro atoms. The van der Waals surface area contributed by atoms with E-state index in [-0.39, 0.29) is 35.0 Å². The standard InChI is InChI=1S/C19H16F3N3O4S/c1-11(26)12-4-3-5-15(8-12)25(30(2,27)28)10-14-7-6-13(9-16(14)20)18-23-24-19(29-18)17(21)22/h3-9,17H,10H2,1-2H3. The maximum atomic E-state index is 14.7. The van der Waals surface area contributed by atoms with E-state index in [4.69, 9.17) is 4.42 Å². The van der Waals surface area contributed by atoms with Gasteiger partial charge >= 0.3 is 6.43 Å². The third-order valence-electron chi connectivity index (χ3n) is 4.18. The number of carbonyl (C=O) groups is 1. The van der Waals surface area contributed by atoms with Gasteiger partial charge in [0.2, 0.25) is 15.9 Å². The summed E-state index contributed by atoms with van der Waals surface area (Å²) < 4.78 is 70.2. The highest BCUT2D eigenvalue weighted by Crippen LogP contribution is 2.27. The van der Waals surface area contributed by atoms with Gasteiger partial charge in [0.25, 0.3) is 5.89 Å². The van der Waals surface area contributed by atoms with Gasteiger partial charge in [-0.05, 0) is 31.2 Å². The Morgan fingerprint density at radius 1 is 1.17 bits per heavy atom. The molecule has 0 fully saturated rings. The van der Waals surface area contributed by atoms with E-state index in [0.29, 0.717) is 5.56 Å². The smallest absolute Gasteiger partial charge is 0.314 e. The average Bonchev–Trinajstić information content (AvgIpc) is 3.16. The van der Waals surface area contributed by atoms with E-state index in [0.717, 1.165) is 16.6 Å². The molecule has 30 heavy (non-hydrogen) atoms. The van der Waals surface area contributed by atoms with Crippen molar-refractivity contribution < 1.29 is 30.8 Å². The van der Waals surface area contributed by atoms with Crippen molar-refractivity contribution in [1.29, 1.82) is 0 Å². The average molecular weight is 439 g/mol. The zero-order valence-corrected chi connectivity index (χ0v) is 16.7. The van der Waals surface area contributed by atoms with Gasteiger partial charge < -0.3 is 4.42 Å². The SMILES string of the molecule is CC(=O)c1cccc(N(Cc2ccc(-c3nnc(C(F)F)o3)cc2F)S(C)(=O)=O)c1. The van der Waals surface area contributed by atoms with Crippen molar-refractivity contribution in [3.05, 3.63) is 65.3 Å². The minimum absolute atomic E-state index is 0.0194. The van der Waals surface area contributed by atoms with Crippen LogP contribution < -0.4 is 4.31 Å². The molecule has 0 saturated carbocycles. The summed E-state index contributed by atoms with van der Waals surface area (Å²) in [5, 5.41) is 6.63. The second kappa shape index (κ2) is 8.27. The Labute approximate surface area is 170 Å². The van der Waals surface area contributed by atoms with Crippen LogP contribution in [0.25, 0.3) is 11.5 Å². The Morgan fingerprint density at radius 2 is 1.90 bits per heavy atom. The predicted molar refractivity (Wildman–Crippen MR) is 102 cm³/mol. The fraction of sp³-hybridized carbons (Fsp3) is 0.211. The van der Waals surface area contributed by atoms with Crippen molar-refractivity contribution in [3.8, 4) is 11.5 Å². The summed E-state index contributed by atoms with van der Waals surface area (Å²) in [5.74, 6) is -2.21. The number of halogens is 3. The number of benzene rings is 2. The molecule has 0 amide bonds. The quantitative estimate of drug-likeness (QED) is 0.517. The lowest BCUT2D eigenvalue weighted by atomic mass is 10.1. The van der Waals surface area contributed by atoms with Crippen LogP contribution in [-0.4, -0.2) is 30.7 Å². The maximum Gasteiger partial charge on any atom is 0.314 e. The van der Waals surface area contributed by atoms with E-state index < -0.39 is 28.2 Å². The first-order valence-electron chi connectivity index (χ1n) is 8.55. The molecule has 1 aromatic heterocycles. The minimum Gasteiger partial charge on any atom is -0.415 e. The Hall–Kier alpha value is -3.21. The maximum absolute atomic E-state index is 14.7. The highest BCUT2D eigenvalue weighted by molar-refractivity contribution is 7.92. The second-order valence-corrected chi connectivity index (χ2v) is 8.34. The van der Waals surface area contributed by atoms with Crippen LogP contribution in [-0.2, 0) is 16.6 Å². The highest BCUT2D eigenvalue weighted by Gasteiger charge is 2.22. The number of Topliss-reactive ketones (excluding diaryl/α,β-unsaturated/α-hetero) is 1. The van der Waals surface area contributed by atoms with Crippen molar-refractivity contribution in [2.75, 3.05) is 10.6 Å². The third-order valence-corrected chi connectivity index (χ3v) is 5.32.